The average molecular weight is 294 g/mol. The monoisotopic (exact) mass is 294 g/mol. The summed E-state index contributed by atoms with van der Waals surface area (Å²) in [4.78, 5) is 19.3. The summed E-state index contributed by atoms with van der Waals surface area (Å²) in [6, 6.07) is 0. The second-order valence-electron chi connectivity index (χ2n) is 3.03. The van der Waals surface area contributed by atoms with E-state index >= 15 is 0 Å². The summed E-state index contributed by atoms with van der Waals surface area (Å²) in [5, 5.41) is 68.8. The van der Waals surface area contributed by atoms with E-state index in [1.807, 2.05) is 0 Å². The van der Waals surface area contributed by atoms with Crippen molar-refractivity contribution in [2.45, 2.75) is 24.4 Å². The molecule has 0 aromatic rings. The third-order valence-electron chi connectivity index (χ3n) is 1.59. The summed E-state index contributed by atoms with van der Waals surface area (Å²) in [6.45, 7) is -1.59. The van der Waals surface area contributed by atoms with E-state index in [4.69, 9.17) is 30.6 Å². The standard InChI is InChI=1S/2C4H8O5.Mg/c2*5-1-2(6)3(7)4(8)9;/h2*2-3,5-7H,1H2,(H,8,9);/q;;+2/p-2/t2*2-,3-;/m00./s1. The molecule has 0 aromatic heterocycles. The van der Waals surface area contributed by atoms with Gasteiger partial charge in [-0.3, -0.25) is 0 Å². The number of aliphatic hydroxyl groups excluding tert-OH is 6. The Hall–Kier alpha value is -0.534. The van der Waals surface area contributed by atoms with Gasteiger partial charge in [0, 0.05) is 0 Å². The molecule has 0 unspecified atom stereocenters. The third kappa shape index (κ3) is 11.0. The van der Waals surface area contributed by atoms with Crippen LogP contribution < -0.4 is 10.2 Å². The number of hydrogen-bond donors (Lipinski definition) is 6. The molecule has 11 heteroatoms. The number of aliphatic hydroxyl groups is 6. The summed E-state index contributed by atoms with van der Waals surface area (Å²) in [5.74, 6) is -3.59. The molecule has 6 N–H and O–H groups in total. The van der Waals surface area contributed by atoms with E-state index in [-0.39, 0.29) is 23.1 Å². The first kappa shape index (κ1) is 23.6. The van der Waals surface area contributed by atoms with Crippen LogP contribution in [0.15, 0.2) is 0 Å². The Kier molecular flexibility index (Phi) is 15.5. The van der Waals surface area contributed by atoms with Gasteiger partial charge in [-0.25, -0.2) is 0 Å². The number of carboxylic acids is 2. The second kappa shape index (κ2) is 12.5. The van der Waals surface area contributed by atoms with Crippen molar-refractivity contribution in [2.24, 2.45) is 0 Å². The number of carboxylic acid groups (broad SMARTS) is 2. The predicted octanol–water partition coefficient (Wildman–Crippen LogP) is -7.48. The first-order valence-corrected chi connectivity index (χ1v) is 4.54. The van der Waals surface area contributed by atoms with Crippen LogP contribution in [0.2, 0.25) is 0 Å². The number of carbonyl (C=O) groups is 2. The molecule has 0 spiro atoms. The van der Waals surface area contributed by atoms with Crippen LogP contribution in [0.1, 0.15) is 0 Å². The van der Waals surface area contributed by atoms with E-state index in [0.29, 0.717) is 0 Å². The van der Waals surface area contributed by atoms with Crippen LogP contribution in [0.5, 0.6) is 0 Å². The average Bonchev–Trinajstić information content (AvgIpc) is 2.35. The van der Waals surface area contributed by atoms with Gasteiger partial charge in [0.1, 0.15) is 24.4 Å². The molecule has 0 fully saturated rings. The van der Waals surface area contributed by atoms with Crippen molar-refractivity contribution in [1.29, 1.82) is 0 Å². The molecule has 0 saturated carbocycles. The van der Waals surface area contributed by atoms with Gasteiger partial charge in [0.25, 0.3) is 0 Å². The maximum atomic E-state index is 9.67. The van der Waals surface area contributed by atoms with Gasteiger partial charge in [-0.1, -0.05) is 0 Å². The molecule has 0 aliphatic rings. The number of rotatable bonds is 6. The maximum Gasteiger partial charge on any atom is 2.00 e. The van der Waals surface area contributed by atoms with Crippen molar-refractivity contribution in [3.8, 4) is 0 Å². The fraction of sp³-hybridized carbons (Fsp3) is 0.750. The molecule has 0 saturated heterocycles. The molecule has 4 atom stereocenters. The summed E-state index contributed by atoms with van der Waals surface area (Å²) in [5.41, 5.74) is 0. The van der Waals surface area contributed by atoms with Crippen molar-refractivity contribution in [2.75, 3.05) is 13.2 Å². The minimum absolute atomic E-state index is 0. The fourth-order valence-electron chi connectivity index (χ4n) is 0.514. The van der Waals surface area contributed by atoms with E-state index < -0.39 is 49.6 Å². The van der Waals surface area contributed by atoms with Gasteiger partial charge < -0.3 is 50.4 Å². The van der Waals surface area contributed by atoms with E-state index in [2.05, 4.69) is 0 Å². The Balaban J connectivity index is -0.000000256. The molecule has 0 aliphatic carbocycles. The van der Waals surface area contributed by atoms with Crippen LogP contribution in [0, 0.1) is 0 Å². The molecule has 0 rings (SSSR count). The van der Waals surface area contributed by atoms with Crippen LogP contribution in [-0.2, 0) is 9.59 Å². The topological polar surface area (TPSA) is 202 Å². The van der Waals surface area contributed by atoms with Crippen molar-refractivity contribution < 1.29 is 50.4 Å². The van der Waals surface area contributed by atoms with Crippen molar-refractivity contribution in [3.05, 3.63) is 0 Å². The molecule has 0 aromatic carbocycles. The Labute approximate surface area is 123 Å². The van der Waals surface area contributed by atoms with Crippen molar-refractivity contribution in [3.63, 3.8) is 0 Å². The SMILES string of the molecule is O=C([O-])[C@@H](O)[C@@H](O)CO.O=C([O-])[C@@H](O)[C@@H](O)CO.[Mg+2]. The van der Waals surface area contributed by atoms with E-state index in [9.17, 15) is 19.8 Å². The van der Waals surface area contributed by atoms with E-state index in [1.54, 1.807) is 0 Å². The summed E-state index contributed by atoms with van der Waals surface area (Å²) < 4.78 is 0. The molecule has 0 aliphatic heterocycles. The summed E-state index contributed by atoms with van der Waals surface area (Å²) >= 11 is 0. The second-order valence-corrected chi connectivity index (χ2v) is 3.03. The normalized spacial score (nSPS) is 15.9. The molecule has 10 nitrogen and oxygen atoms in total. The molecule has 0 amide bonds. The first-order chi connectivity index (χ1) is 8.18. The van der Waals surface area contributed by atoms with Gasteiger partial charge in [-0.15, -0.1) is 0 Å². The van der Waals surface area contributed by atoms with Gasteiger partial charge in [0.05, 0.1) is 25.2 Å². The molecule has 0 heterocycles. The molecule has 0 radical (unpaired) electrons. The zero-order valence-electron chi connectivity index (χ0n) is 9.75. The predicted molar refractivity (Wildman–Crippen MR) is 54.0 cm³/mol. The van der Waals surface area contributed by atoms with Gasteiger partial charge >= 0.3 is 23.1 Å². The van der Waals surface area contributed by atoms with Crippen LogP contribution >= 0.6 is 0 Å². The van der Waals surface area contributed by atoms with Crippen LogP contribution in [0.3, 0.4) is 0 Å². The Morgan fingerprint density at radius 1 is 0.789 bits per heavy atom. The van der Waals surface area contributed by atoms with Gasteiger partial charge in [-0.05, 0) is 0 Å². The summed E-state index contributed by atoms with van der Waals surface area (Å²) in [7, 11) is 0. The first-order valence-electron chi connectivity index (χ1n) is 4.54. The number of hydrogen-bond acceptors (Lipinski definition) is 10. The Morgan fingerprint density at radius 3 is 1.05 bits per heavy atom. The smallest absolute Gasteiger partial charge is 0.547 e. The van der Waals surface area contributed by atoms with Crippen molar-refractivity contribution >= 4 is 35.0 Å². The Bertz CT molecular complexity index is 234. The summed E-state index contributed by atoms with van der Waals surface area (Å²) in [6.07, 6.45) is -7.32. The zero-order valence-corrected chi connectivity index (χ0v) is 11.2. The van der Waals surface area contributed by atoms with Crippen LogP contribution in [0.4, 0.5) is 0 Å². The molecule has 0 bridgehead atoms. The van der Waals surface area contributed by atoms with Crippen LogP contribution in [0.25, 0.3) is 0 Å². The molecule has 19 heavy (non-hydrogen) atoms. The number of aliphatic carboxylic acids is 2. The fourth-order valence-corrected chi connectivity index (χ4v) is 0.514. The minimum atomic E-state index is -2.00. The van der Waals surface area contributed by atoms with E-state index in [0.717, 1.165) is 0 Å². The van der Waals surface area contributed by atoms with Gasteiger partial charge in [0.15, 0.2) is 0 Å². The molecule has 108 valence electrons. The van der Waals surface area contributed by atoms with Gasteiger partial charge in [-0.2, -0.15) is 0 Å². The largest absolute Gasteiger partial charge is 2.00 e. The number of carbonyl (C=O) groups excluding carboxylic acids is 2. The molecular weight excluding hydrogens is 280 g/mol. The zero-order chi connectivity index (χ0) is 14.9. The quantitative estimate of drug-likeness (QED) is 0.255. The minimum Gasteiger partial charge on any atom is -0.547 e. The third-order valence-corrected chi connectivity index (χ3v) is 1.59. The van der Waals surface area contributed by atoms with E-state index in [1.165, 1.54) is 0 Å². The maximum absolute atomic E-state index is 9.67. The van der Waals surface area contributed by atoms with Crippen LogP contribution in [-0.4, -0.2) is 103 Å². The Morgan fingerprint density at radius 2 is 1.00 bits per heavy atom. The van der Waals surface area contributed by atoms with Gasteiger partial charge in [0.2, 0.25) is 0 Å². The van der Waals surface area contributed by atoms with Crippen molar-refractivity contribution in [1.82, 2.24) is 0 Å². The molecular formula is C8H14MgO10.